The first-order chi connectivity index (χ1) is 12.8. The van der Waals surface area contributed by atoms with Crippen LogP contribution in [0.25, 0.3) is 0 Å². The Hall–Kier alpha value is -1.74. The Morgan fingerprint density at radius 2 is 2.07 bits per heavy atom. The van der Waals surface area contributed by atoms with E-state index in [1.165, 1.54) is 18.4 Å². The summed E-state index contributed by atoms with van der Waals surface area (Å²) in [7, 11) is 0. The van der Waals surface area contributed by atoms with Gasteiger partial charge in [0.15, 0.2) is 10.7 Å². The number of rotatable bonds is 6. The van der Waals surface area contributed by atoms with Crippen molar-refractivity contribution in [2.75, 3.05) is 12.9 Å². The van der Waals surface area contributed by atoms with Crippen LogP contribution in [-0.2, 0) is 15.9 Å². The van der Waals surface area contributed by atoms with Gasteiger partial charge in [-0.3, -0.25) is 4.79 Å². The molecule has 10 heteroatoms. The molecular weight excluding hydrogens is 417 g/mol. The Morgan fingerprint density at radius 1 is 1.37 bits per heavy atom. The fraction of sp³-hybridized carbons (Fsp3) is 0.353. The molecule has 1 aliphatic carbocycles. The first-order valence-electron chi connectivity index (χ1n) is 8.05. The average molecular weight is 432 g/mol. The zero-order valence-corrected chi connectivity index (χ0v) is 16.7. The van der Waals surface area contributed by atoms with Crippen molar-refractivity contribution in [1.82, 2.24) is 5.16 Å². The van der Waals surface area contributed by atoms with Crippen molar-refractivity contribution in [2.45, 2.75) is 30.6 Å². The van der Waals surface area contributed by atoms with Crippen LogP contribution in [0.5, 0.6) is 5.88 Å². The van der Waals surface area contributed by atoms with Gasteiger partial charge in [-0.15, -0.1) is 0 Å². The minimum absolute atomic E-state index is 0.00404. The first kappa shape index (κ1) is 20.0. The number of ether oxygens (including phenoxy) is 2. The summed E-state index contributed by atoms with van der Waals surface area (Å²) in [4.78, 5) is 25.0. The SMILES string of the molecule is CCOC(=O)Oc1noc(C2CC2)c1C(=O)c1ccc(Cl)c(Cl)c1[S+](C)[O-]. The van der Waals surface area contributed by atoms with E-state index in [2.05, 4.69) is 5.16 Å². The molecule has 1 aromatic carbocycles. The molecule has 0 spiro atoms. The Kier molecular flexibility index (Phi) is 6.00. The average Bonchev–Trinajstić information content (AvgIpc) is 3.37. The maximum absolute atomic E-state index is 13.2. The third kappa shape index (κ3) is 4.08. The summed E-state index contributed by atoms with van der Waals surface area (Å²) < 4.78 is 27.2. The third-order valence-corrected chi connectivity index (χ3v) is 5.80. The maximum atomic E-state index is 13.2. The van der Waals surface area contributed by atoms with Crippen LogP contribution in [0.15, 0.2) is 21.6 Å². The summed E-state index contributed by atoms with van der Waals surface area (Å²) in [6, 6.07) is 2.86. The molecule has 1 atom stereocenters. The van der Waals surface area contributed by atoms with Crippen LogP contribution in [0.4, 0.5) is 4.79 Å². The highest BCUT2D eigenvalue weighted by atomic mass is 35.5. The van der Waals surface area contributed by atoms with Crippen molar-refractivity contribution < 1.29 is 28.1 Å². The standard InChI is InChI=1S/C17H15Cl2NO6S/c1-3-24-17(22)25-16-11(14(26-20-16)8-4-5-8)13(21)9-6-7-10(18)12(19)15(9)27(2)23/h6-8H,3-5H2,1-2H3. The molecule has 0 radical (unpaired) electrons. The second kappa shape index (κ2) is 8.10. The van der Waals surface area contributed by atoms with Gasteiger partial charge in [-0.1, -0.05) is 23.2 Å². The normalized spacial score (nSPS) is 14.7. The largest absolute Gasteiger partial charge is 0.612 e. The first-order valence-corrected chi connectivity index (χ1v) is 10.4. The molecule has 0 bridgehead atoms. The molecule has 27 heavy (non-hydrogen) atoms. The molecule has 3 rings (SSSR count). The lowest BCUT2D eigenvalue weighted by Gasteiger charge is -2.12. The number of nitrogens with zero attached hydrogens (tertiary/aromatic N) is 1. The summed E-state index contributed by atoms with van der Waals surface area (Å²) >= 11 is 10.6. The molecule has 2 aromatic rings. The second-order valence-corrected chi connectivity index (χ2v) is 7.91. The van der Waals surface area contributed by atoms with Crippen molar-refractivity contribution in [3.8, 4) is 5.88 Å². The van der Waals surface area contributed by atoms with Crippen molar-refractivity contribution in [2.24, 2.45) is 0 Å². The number of halogens is 2. The van der Waals surface area contributed by atoms with E-state index in [0.29, 0.717) is 5.76 Å². The van der Waals surface area contributed by atoms with Crippen molar-refractivity contribution in [3.05, 3.63) is 39.1 Å². The Bertz CT molecular complexity index is 894. The highest BCUT2D eigenvalue weighted by Gasteiger charge is 2.38. The van der Waals surface area contributed by atoms with Gasteiger partial charge in [0.1, 0.15) is 16.8 Å². The number of aromatic nitrogens is 1. The van der Waals surface area contributed by atoms with Gasteiger partial charge in [0.05, 0.1) is 17.2 Å². The van der Waals surface area contributed by atoms with E-state index in [1.54, 1.807) is 6.92 Å². The predicted octanol–water partition coefficient (Wildman–Crippen LogP) is 4.36. The number of carbonyl (C=O) groups excluding carboxylic acids is 2. The van der Waals surface area contributed by atoms with Gasteiger partial charge in [0, 0.05) is 5.92 Å². The maximum Gasteiger partial charge on any atom is 0.515 e. The van der Waals surface area contributed by atoms with Crippen LogP contribution in [0.1, 0.15) is 47.4 Å². The quantitative estimate of drug-likeness (QED) is 0.380. The number of carbonyl (C=O) groups is 2. The van der Waals surface area contributed by atoms with E-state index in [9.17, 15) is 14.1 Å². The van der Waals surface area contributed by atoms with Crippen molar-refractivity contribution >= 4 is 46.3 Å². The molecule has 1 aliphatic rings. The molecule has 1 aromatic heterocycles. The molecule has 1 saturated carbocycles. The smallest absolute Gasteiger partial charge is 0.515 e. The van der Waals surface area contributed by atoms with Gasteiger partial charge >= 0.3 is 6.16 Å². The molecule has 0 aliphatic heterocycles. The Morgan fingerprint density at radius 3 is 2.67 bits per heavy atom. The van der Waals surface area contributed by atoms with Gasteiger partial charge in [0.25, 0.3) is 5.88 Å². The second-order valence-electron chi connectivity index (χ2n) is 5.81. The summed E-state index contributed by atoms with van der Waals surface area (Å²) in [6.07, 6.45) is 2.03. The van der Waals surface area contributed by atoms with E-state index in [4.69, 9.17) is 37.2 Å². The topological polar surface area (TPSA) is 102 Å². The van der Waals surface area contributed by atoms with E-state index in [-0.39, 0.29) is 44.5 Å². The molecule has 7 nitrogen and oxygen atoms in total. The molecule has 144 valence electrons. The lowest BCUT2D eigenvalue weighted by molar-refractivity contribution is 0.0985. The summed E-state index contributed by atoms with van der Waals surface area (Å²) in [5, 5.41) is 3.91. The molecule has 0 amide bonds. The molecule has 1 unspecified atom stereocenters. The molecule has 0 saturated heterocycles. The fourth-order valence-electron chi connectivity index (χ4n) is 2.54. The van der Waals surface area contributed by atoms with E-state index >= 15 is 0 Å². The Balaban J connectivity index is 2.08. The number of hydrogen-bond donors (Lipinski definition) is 0. The highest BCUT2D eigenvalue weighted by molar-refractivity contribution is 7.91. The molecule has 1 fully saturated rings. The van der Waals surface area contributed by atoms with Gasteiger partial charge in [-0.2, -0.15) is 0 Å². The lowest BCUT2D eigenvalue weighted by Crippen LogP contribution is -2.15. The number of hydrogen-bond acceptors (Lipinski definition) is 7. The van der Waals surface area contributed by atoms with Crippen LogP contribution in [0.2, 0.25) is 10.0 Å². The third-order valence-electron chi connectivity index (χ3n) is 3.89. The summed E-state index contributed by atoms with van der Waals surface area (Å²) in [5.41, 5.74) is 0.0692. The zero-order chi connectivity index (χ0) is 19.7. The van der Waals surface area contributed by atoms with Crippen LogP contribution >= 0.6 is 23.2 Å². The van der Waals surface area contributed by atoms with Crippen LogP contribution in [-0.4, -0.2) is 34.5 Å². The lowest BCUT2D eigenvalue weighted by atomic mass is 10.0. The molecular formula is C17H15Cl2NO6S. The van der Waals surface area contributed by atoms with E-state index in [1.807, 2.05) is 0 Å². The van der Waals surface area contributed by atoms with E-state index < -0.39 is 23.1 Å². The van der Waals surface area contributed by atoms with E-state index in [0.717, 1.165) is 12.8 Å². The zero-order valence-electron chi connectivity index (χ0n) is 14.4. The number of ketones is 1. The number of benzene rings is 1. The molecule has 0 N–H and O–H groups in total. The van der Waals surface area contributed by atoms with Crippen LogP contribution < -0.4 is 4.74 Å². The van der Waals surface area contributed by atoms with Crippen LogP contribution in [0, 0.1) is 0 Å². The van der Waals surface area contributed by atoms with Gasteiger partial charge < -0.3 is 18.5 Å². The minimum atomic E-state index is -1.59. The predicted molar refractivity (Wildman–Crippen MR) is 98.4 cm³/mol. The Labute approximate surface area is 168 Å². The highest BCUT2D eigenvalue weighted by Crippen LogP contribution is 2.45. The van der Waals surface area contributed by atoms with Gasteiger partial charge in [0.2, 0.25) is 5.78 Å². The monoisotopic (exact) mass is 431 g/mol. The molecule has 1 heterocycles. The van der Waals surface area contributed by atoms with Crippen molar-refractivity contribution in [1.29, 1.82) is 0 Å². The van der Waals surface area contributed by atoms with Crippen LogP contribution in [0.3, 0.4) is 0 Å². The summed E-state index contributed by atoms with van der Waals surface area (Å²) in [5.74, 6) is -0.534. The fourth-order valence-corrected chi connectivity index (χ4v) is 4.08. The van der Waals surface area contributed by atoms with Gasteiger partial charge in [-0.05, 0) is 48.2 Å². The summed E-state index contributed by atoms with van der Waals surface area (Å²) in [6.45, 7) is 1.71. The van der Waals surface area contributed by atoms with Crippen molar-refractivity contribution in [3.63, 3.8) is 0 Å². The minimum Gasteiger partial charge on any atom is -0.612 e. The van der Waals surface area contributed by atoms with Gasteiger partial charge in [-0.25, -0.2) is 4.79 Å².